The summed E-state index contributed by atoms with van der Waals surface area (Å²) in [6, 6.07) is 21.4. The van der Waals surface area contributed by atoms with E-state index < -0.39 is 21.2 Å². The third kappa shape index (κ3) is 4.20. The molecule has 0 atom stereocenters. The summed E-state index contributed by atoms with van der Waals surface area (Å²) in [4.78, 5) is 2.84. The zero-order chi connectivity index (χ0) is 10.3. The van der Waals surface area contributed by atoms with Crippen molar-refractivity contribution in [2.75, 3.05) is 0 Å². The van der Waals surface area contributed by atoms with Crippen LogP contribution in [0.25, 0.3) is 0 Å². The monoisotopic (exact) mass is 426 g/mol. The second-order valence-electron chi connectivity index (χ2n) is 2.91. The molecule has 0 fully saturated rings. The molecule has 15 heavy (non-hydrogen) atoms. The number of hydrogen-bond acceptors (Lipinski definition) is 2. The Labute approximate surface area is 107 Å². The van der Waals surface area contributed by atoms with Gasteiger partial charge in [0.1, 0.15) is 0 Å². The summed E-state index contributed by atoms with van der Waals surface area (Å²) in [6.07, 6.45) is 0. The molecule has 0 nitrogen and oxygen atoms in total. The molecule has 3 heteroatoms. The van der Waals surface area contributed by atoms with Crippen LogP contribution in [0.5, 0.6) is 0 Å². The molecule has 0 saturated carbocycles. The van der Waals surface area contributed by atoms with Crippen LogP contribution in [0.1, 0.15) is 0 Å². The van der Waals surface area contributed by atoms with E-state index in [1.54, 1.807) is 0 Å². The molecular formula is C12H10PbS2. The van der Waals surface area contributed by atoms with Gasteiger partial charge in [0.05, 0.1) is 0 Å². The van der Waals surface area contributed by atoms with Gasteiger partial charge in [0.15, 0.2) is 0 Å². The molecule has 2 aromatic rings. The fourth-order valence-electron chi connectivity index (χ4n) is 1.09. The van der Waals surface area contributed by atoms with Gasteiger partial charge in [-0.05, 0) is 0 Å². The second kappa shape index (κ2) is 6.60. The Morgan fingerprint density at radius 2 is 1.00 bits per heavy atom. The van der Waals surface area contributed by atoms with E-state index in [1.807, 2.05) is 0 Å². The average Bonchev–Trinajstić information content (AvgIpc) is 2.32. The van der Waals surface area contributed by atoms with Crippen LogP contribution in [0.3, 0.4) is 0 Å². The molecule has 0 aromatic heterocycles. The fourth-order valence-corrected chi connectivity index (χ4v) is 14.0. The van der Waals surface area contributed by atoms with Gasteiger partial charge in [-0.1, -0.05) is 0 Å². The van der Waals surface area contributed by atoms with Crippen molar-refractivity contribution < 1.29 is 0 Å². The fraction of sp³-hybridized carbons (Fsp3) is 0. The van der Waals surface area contributed by atoms with E-state index in [0.29, 0.717) is 0 Å². The van der Waals surface area contributed by atoms with Crippen LogP contribution in [-0.2, 0) is 0 Å². The zero-order valence-electron chi connectivity index (χ0n) is 8.09. The van der Waals surface area contributed by atoms with E-state index >= 15 is 0 Å². The first kappa shape index (κ1) is 11.5. The Morgan fingerprint density at radius 3 is 1.40 bits per heavy atom. The van der Waals surface area contributed by atoms with Gasteiger partial charge in [0, 0.05) is 0 Å². The van der Waals surface area contributed by atoms with Crippen LogP contribution >= 0.6 is 16.6 Å². The average molecular weight is 426 g/mol. The van der Waals surface area contributed by atoms with Gasteiger partial charge < -0.3 is 0 Å². The third-order valence-corrected chi connectivity index (χ3v) is 14.8. The molecule has 0 saturated heterocycles. The van der Waals surface area contributed by atoms with E-state index in [2.05, 4.69) is 77.3 Å². The van der Waals surface area contributed by atoms with Gasteiger partial charge in [-0.25, -0.2) is 0 Å². The molecule has 2 aromatic carbocycles. The van der Waals surface area contributed by atoms with Gasteiger partial charge in [0.25, 0.3) is 0 Å². The van der Waals surface area contributed by atoms with E-state index in [4.69, 9.17) is 0 Å². The molecule has 0 aliphatic carbocycles. The Kier molecular flexibility index (Phi) is 5.08. The van der Waals surface area contributed by atoms with E-state index in [0.717, 1.165) is 0 Å². The van der Waals surface area contributed by atoms with Crippen LogP contribution in [-0.4, -0.2) is 21.2 Å². The number of rotatable bonds is 4. The summed E-state index contributed by atoms with van der Waals surface area (Å²) in [5, 5.41) is 0. The maximum absolute atomic E-state index is 2.20. The predicted molar refractivity (Wildman–Crippen MR) is 70.4 cm³/mol. The van der Waals surface area contributed by atoms with Gasteiger partial charge in [0.2, 0.25) is 0 Å². The minimum absolute atomic E-state index is 0.638. The predicted octanol–water partition coefficient (Wildman–Crippen LogP) is 4.11. The van der Waals surface area contributed by atoms with Crippen molar-refractivity contribution in [1.82, 2.24) is 0 Å². The molecule has 0 bridgehead atoms. The van der Waals surface area contributed by atoms with Crippen LogP contribution < -0.4 is 0 Å². The molecule has 74 valence electrons. The standard InChI is InChI=1S/2C6H6S.Pb/c2*7-6-4-2-1-3-5-6;/h2*1-5,7H;/q;;+2/p-2. The number of benzene rings is 2. The quantitative estimate of drug-likeness (QED) is 0.677. The molecule has 0 aliphatic rings. The Hall–Kier alpha value is 0.0621. The van der Waals surface area contributed by atoms with Crippen molar-refractivity contribution in [3.05, 3.63) is 60.7 Å². The van der Waals surface area contributed by atoms with Gasteiger partial charge >= 0.3 is 108 Å². The van der Waals surface area contributed by atoms with Crippen molar-refractivity contribution >= 4 is 37.9 Å². The summed E-state index contributed by atoms with van der Waals surface area (Å²) < 4.78 is 0. The van der Waals surface area contributed by atoms with Crippen molar-refractivity contribution in [2.24, 2.45) is 0 Å². The van der Waals surface area contributed by atoms with Crippen LogP contribution in [0.15, 0.2) is 70.5 Å². The molecule has 0 spiro atoms. The Morgan fingerprint density at radius 1 is 0.600 bits per heavy atom. The first-order chi connectivity index (χ1) is 7.45. The summed E-state index contributed by atoms with van der Waals surface area (Å²) in [7, 11) is 4.15. The van der Waals surface area contributed by atoms with Crippen molar-refractivity contribution in [1.29, 1.82) is 0 Å². The van der Waals surface area contributed by atoms with Gasteiger partial charge in [-0.2, -0.15) is 0 Å². The topological polar surface area (TPSA) is 0 Å². The Balaban J connectivity index is 1.81. The van der Waals surface area contributed by atoms with Crippen molar-refractivity contribution in [3.8, 4) is 0 Å². The second-order valence-corrected chi connectivity index (χ2v) is 15.5. The van der Waals surface area contributed by atoms with Crippen molar-refractivity contribution in [2.45, 2.75) is 9.79 Å². The minimum atomic E-state index is -0.638. The normalized spacial score (nSPS) is 10.1. The van der Waals surface area contributed by atoms with Gasteiger partial charge in [-0.15, -0.1) is 0 Å². The Bertz CT molecular complexity index is 349. The summed E-state index contributed by atoms with van der Waals surface area (Å²) in [5.41, 5.74) is 0. The van der Waals surface area contributed by atoms with Crippen molar-refractivity contribution in [3.63, 3.8) is 0 Å². The molecular weight excluding hydrogens is 415 g/mol. The number of hydrogen-bond donors (Lipinski definition) is 0. The van der Waals surface area contributed by atoms with E-state index in [-0.39, 0.29) is 0 Å². The van der Waals surface area contributed by atoms with E-state index in [1.165, 1.54) is 9.79 Å². The first-order valence-electron chi connectivity index (χ1n) is 4.64. The van der Waals surface area contributed by atoms with Crippen LogP contribution in [0.4, 0.5) is 0 Å². The summed E-state index contributed by atoms with van der Waals surface area (Å²) in [6.45, 7) is 0. The van der Waals surface area contributed by atoms with E-state index in [9.17, 15) is 0 Å². The molecule has 0 heterocycles. The molecule has 0 amide bonds. The molecule has 2 rings (SSSR count). The van der Waals surface area contributed by atoms with Crippen LogP contribution in [0, 0.1) is 0 Å². The SMILES string of the molecule is c1ccc([S][Pb][S]c2ccccc2)cc1. The molecule has 0 unspecified atom stereocenters. The maximum atomic E-state index is 2.20. The summed E-state index contributed by atoms with van der Waals surface area (Å²) in [5.74, 6) is 0. The van der Waals surface area contributed by atoms with Gasteiger partial charge in [-0.3, -0.25) is 0 Å². The first-order valence-corrected chi connectivity index (χ1v) is 15.8. The summed E-state index contributed by atoms with van der Waals surface area (Å²) >= 11 is -0.638. The van der Waals surface area contributed by atoms with Crippen LogP contribution in [0.2, 0.25) is 0 Å². The molecule has 0 aliphatic heterocycles. The zero-order valence-corrected chi connectivity index (χ0v) is 13.6. The third-order valence-electron chi connectivity index (χ3n) is 1.81. The molecule has 2 radical (unpaired) electrons. The molecule has 0 N–H and O–H groups in total.